The molecule has 2 aromatic heterocycles. The van der Waals surface area contributed by atoms with Crippen molar-refractivity contribution in [3.63, 3.8) is 0 Å². The zero-order chi connectivity index (χ0) is 20.4. The van der Waals surface area contributed by atoms with Crippen molar-refractivity contribution in [2.45, 2.75) is 19.0 Å². The molecule has 1 aliphatic rings. The minimum Gasteiger partial charge on any atom is -0.497 e. The average Bonchev–Trinajstić information content (AvgIpc) is 3.43. The van der Waals surface area contributed by atoms with Crippen molar-refractivity contribution in [3.8, 4) is 11.5 Å². The molecule has 8 heteroatoms. The van der Waals surface area contributed by atoms with Crippen LogP contribution >= 0.6 is 0 Å². The highest BCUT2D eigenvalue weighted by molar-refractivity contribution is 5.96. The van der Waals surface area contributed by atoms with Crippen molar-refractivity contribution in [1.82, 2.24) is 25.0 Å². The van der Waals surface area contributed by atoms with Crippen LogP contribution in [0.4, 0.5) is 0 Å². The van der Waals surface area contributed by atoms with E-state index >= 15 is 0 Å². The summed E-state index contributed by atoms with van der Waals surface area (Å²) in [5.41, 5.74) is 2.27. The lowest BCUT2D eigenvalue weighted by Crippen LogP contribution is -2.38. The molecule has 1 amide bonds. The van der Waals surface area contributed by atoms with Gasteiger partial charge in [-0.2, -0.15) is 5.10 Å². The van der Waals surface area contributed by atoms with Crippen molar-refractivity contribution >= 4 is 16.9 Å². The number of amides is 1. The average molecular weight is 395 g/mol. The van der Waals surface area contributed by atoms with E-state index in [0.717, 1.165) is 47.6 Å². The fraction of sp³-hybridized carbons (Fsp3) is 0.381. The Morgan fingerprint density at radius 1 is 1.28 bits per heavy atom. The minimum absolute atomic E-state index is 0.0160. The summed E-state index contributed by atoms with van der Waals surface area (Å²) in [6, 6.07) is 7.77. The van der Waals surface area contributed by atoms with Gasteiger partial charge in [0.05, 0.1) is 32.5 Å². The summed E-state index contributed by atoms with van der Waals surface area (Å²) < 4.78 is 12.5. The largest absolute Gasteiger partial charge is 0.497 e. The van der Waals surface area contributed by atoms with Gasteiger partial charge in [-0.15, -0.1) is 0 Å². The second-order valence-electron chi connectivity index (χ2n) is 7.18. The Bertz CT molecular complexity index is 1030. The first-order valence-electron chi connectivity index (χ1n) is 9.61. The molecule has 1 saturated heterocycles. The highest BCUT2D eigenvalue weighted by Gasteiger charge is 2.24. The van der Waals surface area contributed by atoms with Crippen molar-refractivity contribution < 1.29 is 14.3 Å². The minimum atomic E-state index is -0.0160. The Kier molecular flexibility index (Phi) is 5.35. The molecule has 1 atom stereocenters. The fourth-order valence-corrected chi connectivity index (χ4v) is 3.69. The zero-order valence-corrected chi connectivity index (χ0v) is 16.9. The molecule has 1 fully saturated rings. The van der Waals surface area contributed by atoms with E-state index in [4.69, 9.17) is 9.47 Å². The van der Waals surface area contributed by atoms with Gasteiger partial charge in [0, 0.05) is 42.8 Å². The van der Waals surface area contributed by atoms with Gasteiger partial charge in [0.2, 0.25) is 0 Å². The van der Waals surface area contributed by atoms with Crippen molar-refractivity contribution in [3.05, 3.63) is 47.8 Å². The monoisotopic (exact) mass is 395 g/mol. The van der Waals surface area contributed by atoms with Crippen molar-refractivity contribution in [2.24, 2.45) is 0 Å². The number of carbonyl (C=O) groups excluding carboxylic acids is 1. The number of rotatable bonds is 6. The van der Waals surface area contributed by atoms with Crippen molar-refractivity contribution in [2.75, 3.05) is 34.4 Å². The van der Waals surface area contributed by atoms with Crippen LogP contribution in [0.5, 0.6) is 11.5 Å². The Morgan fingerprint density at radius 3 is 2.86 bits per heavy atom. The van der Waals surface area contributed by atoms with E-state index in [1.165, 1.54) is 0 Å². The Balaban J connectivity index is 1.58. The number of nitrogens with one attached hydrogen (secondary N) is 1. The number of aromatic nitrogens is 3. The van der Waals surface area contributed by atoms with Crippen molar-refractivity contribution in [1.29, 1.82) is 0 Å². The predicted molar refractivity (Wildman–Crippen MR) is 110 cm³/mol. The summed E-state index contributed by atoms with van der Waals surface area (Å²) in [6.07, 6.45) is 4.35. The molecule has 0 spiro atoms. The number of ether oxygens (including phenoxy) is 2. The molecule has 4 rings (SSSR count). The van der Waals surface area contributed by atoms with Gasteiger partial charge in [0.15, 0.2) is 5.65 Å². The number of hydrogen-bond acceptors (Lipinski definition) is 6. The third kappa shape index (κ3) is 3.75. The molecule has 29 heavy (non-hydrogen) atoms. The van der Waals surface area contributed by atoms with E-state index in [9.17, 15) is 4.79 Å². The third-order valence-corrected chi connectivity index (χ3v) is 5.44. The number of nitrogens with zero attached hydrogens (tertiary/aromatic N) is 4. The lowest BCUT2D eigenvalue weighted by molar-refractivity contribution is 0.0743. The van der Waals surface area contributed by atoms with E-state index in [1.807, 2.05) is 31.3 Å². The number of pyridine rings is 1. The molecule has 1 N–H and O–H groups in total. The van der Waals surface area contributed by atoms with Crippen LogP contribution in [0.15, 0.2) is 36.7 Å². The normalized spacial score (nSPS) is 16.2. The fourth-order valence-electron chi connectivity index (χ4n) is 3.69. The van der Waals surface area contributed by atoms with E-state index in [-0.39, 0.29) is 11.9 Å². The van der Waals surface area contributed by atoms with Crippen LogP contribution in [0.25, 0.3) is 11.0 Å². The van der Waals surface area contributed by atoms with Gasteiger partial charge in [0.25, 0.3) is 5.91 Å². The summed E-state index contributed by atoms with van der Waals surface area (Å²) >= 11 is 0. The maximum Gasteiger partial charge on any atom is 0.255 e. The molecule has 152 valence electrons. The molecule has 3 heterocycles. The summed E-state index contributed by atoms with van der Waals surface area (Å²) in [7, 11) is 5.11. The van der Waals surface area contributed by atoms with E-state index in [0.29, 0.717) is 12.1 Å². The van der Waals surface area contributed by atoms with Gasteiger partial charge < -0.3 is 19.7 Å². The van der Waals surface area contributed by atoms with Crippen LogP contribution in [0.1, 0.15) is 22.3 Å². The number of benzene rings is 1. The SMILES string of the molecule is COc1ccc(Cn2ncc3cc(C(=O)N(C)[C@@H]4CCNC4)cnc32)c(OC)c1. The molecule has 0 unspecified atom stereocenters. The standard InChI is InChI=1S/C21H25N5O3/c1-25(17-6-7-22-12-17)21(27)16-8-15-11-24-26(20(15)23-10-16)13-14-4-5-18(28-2)9-19(14)29-3/h4-5,8-11,17,22H,6-7,12-13H2,1-3H3/t17-/m1/s1. The number of methoxy groups -OCH3 is 2. The molecule has 0 saturated carbocycles. The molecule has 0 aliphatic carbocycles. The Labute approximate surface area is 169 Å². The van der Waals surface area contributed by atoms with Crippen LogP contribution in [-0.4, -0.2) is 66.0 Å². The molecule has 0 bridgehead atoms. The molecule has 0 radical (unpaired) electrons. The summed E-state index contributed by atoms with van der Waals surface area (Å²) in [4.78, 5) is 19.1. The van der Waals surface area contributed by atoms with Gasteiger partial charge in [-0.05, 0) is 31.2 Å². The Morgan fingerprint density at radius 2 is 2.14 bits per heavy atom. The highest BCUT2D eigenvalue weighted by atomic mass is 16.5. The number of hydrogen-bond donors (Lipinski definition) is 1. The van der Waals surface area contributed by atoms with Crippen LogP contribution < -0.4 is 14.8 Å². The van der Waals surface area contributed by atoms with Gasteiger partial charge in [-0.3, -0.25) is 4.79 Å². The van der Waals surface area contributed by atoms with Crippen LogP contribution in [0.3, 0.4) is 0 Å². The van der Waals surface area contributed by atoms with Gasteiger partial charge in [-0.25, -0.2) is 9.67 Å². The van der Waals surface area contributed by atoms with Gasteiger partial charge in [0.1, 0.15) is 11.5 Å². The number of carbonyl (C=O) groups is 1. The summed E-state index contributed by atoms with van der Waals surface area (Å²) in [5, 5.41) is 8.59. The smallest absolute Gasteiger partial charge is 0.255 e. The first kappa shape index (κ1) is 19.2. The van der Waals surface area contributed by atoms with Gasteiger partial charge >= 0.3 is 0 Å². The molecule has 1 aromatic carbocycles. The van der Waals surface area contributed by atoms with Crippen LogP contribution in [-0.2, 0) is 6.54 Å². The maximum atomic E-state index is 12.8. The topological polar surface area (TPSA) is 81.5 Å². The molecule has 1 aliphatic heterocycles. The van der Waals surface area contributed by atoms with Crippen LogP contribution in [0, 0.1) is 0 Å². The quantitative estimate of drug-likeness (QED) is 0.687. The van der Waals surface area contributed by atoms with E-state index in [1.54, 1.807) is 36.2 Å². The molecular formula is C21H25N5O3. The second-order valence-corrected chi connectivity index (χ2v) is 7.18. The maximum absolute atomic E-state index is 12.8. The lowest BCUT2D eigenvalue weighted by Gasteiger charge is -2.23. The molecule has 3 aromatic rings. The van der Waals surface area contributed by atoms with E-state index in [2.05, 4.69) is 15.4 Å². The van der Waals surface area contributed by atoms with Crippen LogP contribution in [0.2, 0.25) is 0 Å². The third-order valence-electron chi connectivity index (χ3n) is 5.44. The molecule has 8 nitrogen and oxygen atoms in total. The Hall–Kier alpha value is -3.13. The number of fused-ring (bicyclic) bond motifs is 1. The summed E-state index contributed by atoms with van der Waals surface area (Å²) in [5.74, 6) is 1.45. The highest BCUT2D eigenvalue weighted by Crippen LogP contribution is 2.26. The first-order valence-corrected chi connectivity index (χ1v) is 9.61. The predicted octanol–water partition coefficient (Wildman–Crippen LogP) is 1.93. The van der Waals surface area contributed by atoms with E-state index < -0.39 is 0 Å². The lowest BCUT2D eigenvalue weighted by atomic mass is 10.1. The summed E-state index contributed by atoms with van der Waals surface area (Å²) in [6.45, 7) is 2.28. The van der Waals surface area contributed by atoms with Gasteiger partial charge in [-0.1, -0.05) is 0 Å². The molecular weight excluding hydrogens is 370 g/mol. The number of likely N-dealkylation sites (N-methyl/N-ethyl adjacent to an activating group) is 1. The zero-order valence-electron chi connectivity index (χ0n) is 16.9. The second kappa shape index (κ2) is 8.08. The first-order chi connectivity index (χ1) is 14.1.